The van der Waals surface area contributed by atoms with Crippen molar-refractivity contribution in [2.45, 2.75) is 23.9 Å². The van der Waals surface area contributed by atoms with Crippen molar-refractivity contribution in [3.8, 4) is 16.5 Å². The molecule has 1 amide bonds. The maximum atomic E-state index is 13.2. The van der Waals surface area contributed by atoms with Crippen LogP contribution in [0.2, 0.25) is 0 Å². The third-order valence-electron chi connectivity index (χ3n) is 4.66. The number of thiophene rings is 2. The molecule has 0 spiro atoms. The van der Waals surface area contributed by atoms with Gasteiger partial charge in [-0.25, -0.2) is 4.98 Å². The molecule has 0 radical (unpaired) electrons. The van der Waals surface area contributed by atoms with Crippen molar-refractivity contribution in [2.75, 3.05) is 5.32 Å². The third kappa shape index (κ3) is 4.39. The van der Waals surface area contributed by atoms with Crippen LogP contribution >= 0.6 is 34.4 Å². The van der Waals surface area contributed by atoms with E-state index in [2.05, 4.69) is 18.0 Å². The van der Waals surface area contributed by atoms with Crippen molar-refractivity contribution < 1.29 is 4.79 Å². The summed E-state index contributed by atoms with van der Waals surface area (Å²) < 4.78 is 1.54. The standard InChI is InChI=1S/C23H18N4O2S3/c1-3-10-27-22(29)17-12-18(15-7-5-4-6-8-15)32-21(17)26-23(27)31-14(2)19(28)25-20-16(13-24)9-11-30-20/h3-9,11-12,14H,1,10H2,2H3,(H,25,28). The molecular weight excluding hydrogens is 460 g/mol. The molecule has 1 unspecified atom stereocenters. The van der Waals surface area contributed by atoms with Crippen LogP contribution < -0.4 is 10.9 Å². The van der Waals surface area contributed by atoms with E-state index in [-0.39, 0.29) is 11.5 Å². The smallest absolute Gasteiger partial charge is 0.263 e. The second kappa shape index (κ2) is 9.53. The van der Waals surface area contributed by atoms with Gasteiger partial charge in [0.05, 0.1) is 16.2 Å². The fourth-order valence-corrected chi connectivity index (χ4v) is 5.78. The number of benzene rings is 1. The molecule has 0 saturated heterocycles. The number of nitrogens with zero attached hydrogens (tertiary/aromatic N) is 3. The van der Waals surface area contributed by atoms with E-state index in [4.69, 9.17) is 10.2 Å². The molecule has 6 nitrogen and oxygen atoms in total. The average Bonchev–Trinajstić information content (AvgIpc) is 3.43. The number of hydrogen-bond donors (Lipinski definition) is 1. The maximum Gasteiger partial charge on any atom is 0.263 e. The van der Waals surface area contributed by atoms with Crippen LogP contribution in [0.1, 0.15) is 12.5 Å². The van der Waals surface area contributed by atoms with E-state index >= 15 is 0 Å². The number of hydrogen-bond acceptors (Lipinski definition) is 7. The molecule has 0 fully saturated rings. The van der Waals surface area contributed by atoms with Gasteiger partial charge in [0, 0.05) is 11.4 Å². The van der Waals surface area contributed by atoms with Crippen LogP contribution in [0.25, 0.3) is 20.7 Å². The number of carbonyl (C=O) groups is 1. The Morgan fingerprint density at radius 1 is 1.38 bits per heavy atom. The van der Waals surface area contributed by atoms with Gasteiger partial charge in [0.1, 0.15) is 15.9 Å². The first-order valence-corrected chi connectivity index (χ1v) is 12.2. The van der Waals surface area contributed by atoms with Gasteiger partial charge in [-0.15, -0.1) is 29.3 Å². The van der Waals surface area contributed by atoms with Gasteiger partial charge >= 0.3 is 0 Å². The highest BCUT2D eigenvalue weighted by Crippen LogP contribution is 2.33. The van der Waals surface area contributed by atoms with Crippen molar-refractivity contribution >= 4 is 55.6 Å². The van der Waals surface area contributed by atoms with E-state index < -0.39 is 5.25 Å². The summed E-state index contributed by atoms with van der Waals surface area (Å²) in [6.45, 7) is 5.79. The molecule has 0 saturated carbocycles. The predicted octanol–water partition coefficient (Wildman–Crippen LogP) is 5.36. The zero-order chi connectivity index (χ0) is 22.7. The first-order chi connectivity index (χ1) is 15.5. The molecule has 32 heavy (non-hydrogen) atoms. The van der Waals surface area contributed by atoms with E-state index in [0.717, 1.165) is 10.4 Å². The fourth-order valence-electron chi connectivity index (χ4n) is 3.04. The number of nitriles is 1. The van der Waals surface area contributed by atoms with Crippen LogP contribution in [0.15, 0.2) is 70.5 Å². The number of amides is 1. The molecule has 3 heterocycles. The summed E-state index contributed by atoms with van der Waals surface area (Å²) in [6, 6.07) is 15.4. The zero-order valence-corrected chi connectivity index (χ0v) is 19.5. The lowest BCUT2D eigenvalue weighted by Gasteiger charge is -2.14. The van der Waals surface area contributed by atoms with Crippen LogP contribution in [-0.2, 0) is 11.3 Å². The van der Waals surface area contributed by atoms with Crippen LogP contribution in [0.4, 0.5) is 5.00 Å². The predicted molar refractivity (Wildman–Crippen MR) is 132 cm³/mol. The van der Waals surface area contributed by atoms with Crippen LogP contribution in [0, 0.1) is 11.3 Å². The Hall–Kier alpha value is -3.19. The van der Waals surface area contributed by atoms with Crippen LogP contribution in [0.3, 0.4) is 0 Å². The van der Waals surface area contributed by atoms with Gasteiger partial charge in [-0.1, -0.05) is 48.2 Å². The lowest BCUT2D eigenvalue weighted by Crippen LogP contribution is -2.26. The number of anilines is 1. The van der Waals surface area contributed by atoms with Crippen LogP contribution in [-0.4, -0.2) is 20.7 Å². The quantitative estimate of drug-likeness (QED) is 0.219. The summed E-state index contributed by atoms with van der Waals surface area (Å²) in [6.07, 6.45) is 1.64. The summed E-state index contributed by atoms with van der Waals surface area (Å²) in [5.74, 6) is -0.260. The summed E-state index contributed by atoms with van der Waals surface area (Å²) in [5, 5.41) is 14.7. The number of thioether (sulfide) groups is 1. The Balaban J connectivity index is 1.67. The minimum atomic E-state index is -0.530. The lowest BCUT2D eigenvalue weighted by atomic mass is 10.2. The van der Waals surface area contributed by atoms with E-state index in [1.807, 2.05) is 36.4 Å². The van der Waals surface area contributed by atoms with E-state index in [1.165, 1.54) is 39.0 Å². The molecule has 4 rings (SSSR count). The Bertz CT molecular complexity index is 1400. The van der Waals surface area contributed by atoms with Crippen molar-refractivity contribution in [2.24, 2.45) is 0 Å². The Labute approximate surface area is 196 Å². The van der Waals surface area contributed by atoms with Crippen molar-refractivity contribution in [3.05, 3.63) is 76.4 Å². The molecule has 0 aliphatic heterocycles. The summed E-state index contributed by atoms with van der Waals surface area (Å²) in [4.78, 5) is 32.2. The molecule has 9 heteroatoms. The number of carbonyl (C=O) groups excluding carboxylic acids is 1. The highest BCUT2D eigenvalue weighted by atomic mass is 32.2. The van der Waals surface area contributed by atoms with E-state index in [1.54, 1.807) is 24.4 Å². The highest BCUT2D eigenvalue weighted by molar-refractivity contribution is 8.00. The molecule has 4 aromatic rings. The van der Waals surface area contributed by atoms with Gasteiger partial charge in [-0.05, 0) is 30.0 Å². The maximum absolute atomic E-state index is 13.2. The van der Waals surface area contributed by atoms with Gasteiger partial charge < -0.3 is 5.32 Å². The summed E-state index contributed by atoms with van der Waals surface area (Å²) >= 11 is 3.96. The Morgan fingerprint density at radius 3 is 2.88 bits per heavy atom. The molecular formula is C23H18N4O2S3. The Kier molecular flexibility index (Phi) is 6.55. The van der Waals surface area contributed by atoms with Gasteiger partial charge in [-0.2, -0.15) is 5.26 Å². The molecule has 0 bridgehead atoms. The summed E-state index contributed by atoms with van der Waals surface area (Å²) in [5.41, 5.74) is 1.29. The largest absolute Gasteiger partial charge is 0.316 e. The normalized spacial score (nSPS) is 11.8. The third-order valence-corrected chi connectivity index (χ3v) is 7.66. The molecule has 1 atom stereocenters. The number of allylic oxidation sites excluding steroid dienone is 1. The second-order valence-electron chi connectivity index (χ2n) is 6.82. The highest BCUT2D eigenvalue weighted by Gasteiger charge is 2.21. The molecule has 1 aromatic carbocycles. The van der Waals surface area contributed by atoms with E-state index in [0.29, 0.717) is 32.5 Å². The number of aromatic nitrogens is 2. The van der Waals surface area contributed by atoms with Gasteiger partial charge in [0.15, 0.2) is 5.16 Å². The van der Waals surface area contributed by atoms with Crippen molar-refractivity contribution in [3.63, 3.8) is 0 Å². The molecule has 160 valence electrons. The first kappa shape index (κ1) is 22.0. The number of rotatable bonds is 7. The lowest BCUT2D eigenvalue weighted by molar-refractivity contribution is -0.115. The molecule has 0 aliphatic rings. The second-order valence-corrected chi connectivity index (χ2v) is 10.1. The molecule has 0 aliphatic carbocycles. The Morgan fingerprint density at radius 2 is 2.16 bits per heavy atom. The monoisotopic (exact) mass is 478 g/mol. The fraction of sp³-hybridized carbons (Fsp3) is 0.130. The summed E-state index contributed by atoms with van der Waals surface area (Å²) in [7, 11) is 0. The average molecular weight is 479 g/mol. The van der Waals surface area contributed by atoms with Crippen molar-refractivity contribution in [1.82, 2.24) is 9.55 Å². The van der Waals surface area contributed by atoms with Gasteiger partial charge in [0.2, 0.25) is 5.91 Å². The molecule has 3 aromatic heterocycles. The van der Waals surface area contributed by atoms with Crippen molar-refractivity contribution in [1.29, 1.82) is 5.26 Å². The first-order valence-electron chi connectivity index (χ1n) is 9.67. The minimum Gasteiger partial charge on any atom is -0.316 e. The van der Waals surface area contributed by atoms with Gasteiger partial charge in [-0.3, -0.25) is 14.2 Å². The molecule has 1 N–H and O–H groups in total. The SMILES string of the molecule is C=CCn1c(SC(C)C(=O)Nc2sccc2C#N)nc2sc(-c3ccccc3)cc2c1=O. The zero-order valence-electron chi connectivity index (χ0n) is 17.1. The van der Waals surface area contributed by atoms with Gasteiger partial charge in [0.25, 0.3) is 5.56 Å². The number of fused-ring (bicyclic) bond motifs is 1. The topological polar surface area (TPSA) is 87.8 Å². The van der Waals surface area contributed by atoms with E-state index in [9.17, 15) is 9.59 Å². The number of nitrogens with one attached hydrogen (secondary N) is 1. The van der Waals surface area contributed by atoms with Crippen LogP contribution in [0.5, 0.6) is 0 Å². The minimum absolute atomic E-state index is 0.159.